The Bertz CT molecular complexity index is 511. The molecule has 0 aliphatic carbocycles. The number of amides is 1. The van der Waals surface area contributed by atoms with Gasteiger partial charge in [0, 0.05) is 0 Å². The van der Waals surface area contributed by atoms with Crippen LogP contribution in [0.15, 0.2) is 18.2 Å². The minimum absolute atomic E-state index is 0.0528. The number of hydrogen-bond acceptors (Lipinski definition) is 4. The summed E-state index contributed by atoms with van der Waals surface area (Å²) in [6.07, 6.45) is 0. The molecule has 1 aromatic rings. The van der Waals surface area contributed by atoms with Gasteiger partial charge in [-0.25, -0.2) is 4.79 Å². The van der Waals surface area contributed by atoms with Crippen LogP contribution in [0.5, 0.6) is 5.75 Å². The van der Waals surface area contributed by atoms with Crippen LogP contribution in [0.2, 0.25) is 0 Å². The summed E-state index contributed by atoms with van der Waals surface area (Å²) in [5.74, 6) is -0.225. The van der Waals surface area contributed by atoms with Gasteiger partial charge in [0.2, 0.25) is 0 Å². The first-order valence-corrected chi connectivity index (χ1v) is 6.92. The molecule has 0 saturated carbocycles. The molecule has 0 bridgehead atoms. The molecule has 0 fully saturated rings. The highest BCUT2D eigenvalue weighted by atomic mass is 16.5. The Morgan fingerprint density at radius 3 is 2.38 bits per heavy atom. The molecule has 0 heterocycles. The van der Waals surface area contributed by atoms with Gasteiger partial charge >= 0.3 is 5.97 Å². The Morgan fingerprint density at radius 1 is 1.19 bits per heavy atom. The van der Waals surface area contributed by atoms with Gasteiger partial charge in [0.15, 0.2) is 6.61 Å². The monoisotopic (exact) mass is 293 g/mol. The van der Waals surface area contributed by atoms with Crippen molar-refractivity contribution >= 4 is 11.9 Å². The third-order valence-corrected chi connectivity index (χ3v) is 3.29. The molecule has 5 nitrogen and oxygen atoms in total. The zero-order valence-electron chi connectivity index (χ0n) is 13.2. The minimum atomic E-state index is -0.661. The number of rotatable bonds is 6. The molecule has 0 aliphatic heterocycles. The van der Waals surface area contributed by atoms with Crippen LogP contribution in [0, 0.1) is 19.8 Å². The lowest BCUT2D eigenvalue weighted by molar-refractivity contribution is -0.146. The van der Waals surface area contributed by atoms with Crippen LogP contribution in [-0.2, 0) is 14.3 Å². The molecule has 1 rings (SSSR count). The molecular weight excluding hydrogens is 270 g/mol. The lowest BCUT2D eigenvalue weighted by Crippen LogP contribution is -2.46. The number of aryl methyl sites for hydroxylation is 2. The van der Waals surface area contributed by atoms with Crippen LogP contribution in [-0.4, -0.2) is 31.6 Å². The summed E-state index contributed by atoms with van der Waals surface area (Å²) < 4.78 is 10.1. The largest absolute Gasteiger partial charge is 0.484 e. The number of ether oxygens (including phenoxy) is 2. The fourth-order valence-corrected chi connectivity index (χ4v) is 1.79. The van der Waals surface area contributed by atoms with E-state index >= 15 is 0 Å². The van der Waals surface area contributed by atoms with Gasteiger partial charge < -0.3 is 14.8 Å². The smallest absolute Gasteiger partial charge is 0.328 e. The second kappa shape index (κ2) is 7.67. The molecule has 5 heteroatoms. The summed E-state index contributed by atoms with van der Waals surface area (Å²) in [5, 5.41) is 2.62. The average Bonchev–Trinajstić information content (AvgIpc) is 2.44. The van der Waals surface area contributed by atoms with E-state index in [1.54, 1.807) is 0 Å². The van der Waals surface area contributed by atoms with E-state index in [-0.39, 0.29) is 18.4 Å². The van der Waals surface area contributed by atoms with E-state index in [4.69, 9.17) is 4.74 Å². The van der Waals surface area contributed by atoms with E-state index in [1.165, 1.54) is 7.11 Å². The van der Waals surface area contributed by atoms with Crippen molar-refractivity contribution in [1.82, 2.24) is 5.32 Å². The highest BCUT2D eigenvalue weighted by molar-refractivity contribution is 5.85. The molecule has 0 spiro atoms. The van der Waals surface area contributed by atoms with Gasteiger partial charge in [0.05, 0.1) is 7.11 Å². The highest BCUT2D eigenvalue weighted by Gasteiger charge is 2.24. The van der Waals surface area contributed by atoms with Crippen molar-refractivity contribution in [2.24, 2.45) is 5.92 Å². The molecule has 1 N–H and O–H groups in total. The van der Waals surface area contributed by atoms with Crippen LogP contribution in [0.1, 0.15) is 25.0 Å². The molecule has 1 atom stereocenters. The van der Waals surface area contributed by atoms with Gasteiger partial charge in [-0.3, -0.25) is 4.79 Å². The zero-order valence-corrected chi connectivity index (χ0v) is 13.2. The maximum atomic E-state index is 11.9. The van der Waals surface area contributed by atoms with Crippen LogP contribution >= 0.6 is 0 Å². The van der Waals surface area contributed by atoms with Gasteiger partial charge in [0.1, 0.15) is 11.8 Å². The maximum Gasteiger partial charge on any atom is 0.328 e. The Kier molecular flexibility index (Phi) is 6.21. The summed E-state index contributed by atoms with van der Waals surface area (Å²) in [5.41, 5.74) is 2.26. The normalized spacial score (nSPS) is 11.9. The van der Waals surface area contributed by atoms with Gasteiger partial charge in [-0.15, -0.1) is 0 Å². The first kappa shape index (κ1) is 17.0. The summed E-state index contributed by atoms with van der Waals surface area (Å²) >= 11 is 0. The molecule has 0 saturated heterocycles. The fraction of sp³-hybridized carbons (Fsp3) is 0.500. The van der Waals surface area contributed by atoms with Crippen molar-refractivity contribution in [3.8, 4) is 5.75 Å². The molecule has 1 aromatic carbocycles. The Hall–Kier alpha value is -2.04. The Labute approximate surface area is 125 Å². The molecule has 0 radical (unpaired) electrons. The first-order valence-electron chi connectivity index (χ1n) is 6.92. The predicted octanol–water partition coefficient (Wildman–Crippen LogP) is 2.00. The Morgan fingerprint density at radius 2 is 1.86 bits per heavy atom. The SMILES string of the molecule is COC(=O)[C@H](NC(=O)COc1ccc(C)c(C)c1)C(C)C. The van der Waals surface area contributed by atoms with Crippen molar-refractivity contribution in [1.29, 1.82) is 0 Å². The third kappa shape index (κ3) is 5.10. The number of carbonyl (C=O) groups is 2. The lowest BCUT2D eigenvalue weighted by Gasteiger charge is -2.19. The molecule has 21 heavy (non-hydrogen) atoms. The van der Waals surface area contributed by atoms with Crippen LogP contribution in [0.3, 0.4) is 0 Å². The molecule has 116 valence electrons. The summed E-state index contributed by atoms with van der Waals surface area (Å²) in [6.45, 7) is 7.53. The van der Waals surface area contributed by atoms with E-state index in [2.05, 4.69) is 10.1 Å². The fourth-order valence-electron chi connectivity index (χ4n) is 1.79. The summed E-state index contributed by atoms with van der Waals surface area (Å²) in [6, 6.07) is 4.97. The summed E-state index contributed by atoms with van der Waals surface area (Å²) in [7, 11) is 1.30. The van der Waals surface area contributed by atoms with Crippen molar-refractivity contribution in [2.45, 2.75) is 33.7 Å². The molecule has 0 unspecified atom stereocenters. The van der Waals surface area contributed by atoms with Crippen LogP contribution in [0.25, 0.3) is 0 Å². The standard InChI is InChI=1S/C16H23NO4/c1-10(2)15(16(19)20-5)17-14(18)9-21-13-7-6-11(3)12(4)8-13/h6-8,10,15H,9H2,1-5H3,(H,17,18)/t15-/m1/s1. The van der Waals surface area contributed by atoms with Crippen molar-refractivity contribution in [3.63, 3.8) is 0 Å². The van der Waals surface area contributed by atoms with E-state index in [9.17, 15) is 9.59 Å². The van der Waals surface area contributed by atoms with E-state index in [0.29, 0.717) is 5.75 Å². The predicted molar refractivity (Wildman–Crippen MR) is 80.2 cm³/mol. The van der Waals surface area contributed by atoms with Gasteiger partial charge in [0.25, 0.3) is 5.91 Å². The van der Waals surface area contributed by atoms with Crippen molar-refractivity contribution < 1.29 is 19.1 Å². The van der Waals surface area contributed by atoms with Crippen molar-refractivity contribution in [2.75, 3.05) is 13.7 Å². The average molecular weight is 293 g/mol. The summed E-state index contributed by atoms with van der Waals surface area (Å²) in [4.78, 5) is 23.4. The molecule has 1 amide bonds. The number of carbonyl (C=O) groups excluding carboxylic acids is 2. The van der Waals surface area contributed by atoms with E-state index in [0.717, 1.165) is 11.1 Å². The van der Waals surface area contributed by atoms with Gasteiger partial charge in [-0.05, 0) is 43.0 Å². The second-order valence-electron chi connectivity index (χ2n) is 5.35. The number of benzene rings is 1. The quantitative estimate of drug-likeness (QED) is 0.815. The van der Waals surface area contributed by atoms with Crippen molar-refractivity contribution in [3.05, 3.63) is 29.3 Å². The highest BCUT2D eigenvalue weighted by Crippen LogP contribution is 2.16. The minimum Gasteiger partial charge on any atom is -0.484 e. The zero-order chi connectivity index (χ0) is 16.0. The number of methoxy groups -OCH3 is 1. The van der Waals surface area contributed by atoms with E-state index < -0.39 is 12.0 Å². The van der Waals surface area contributed by atoms with Gasteiger partial charge in [-0.1, -0.05) is 19.9 Å². The number of hydrogen-bond donors (Lipinski definition) is 1. The number of esters is 1. The third-order valence-electron chi connectivity index (χ3n) is 3.29. The van der Waals surface area contributed by atoms with Crippen LogP contribution in [0.4, 0.5) is 0 Å². The topological polar surface area (TPSA) is 64.6 Å². The lowest BCUT2D eigenvalue weighted by atomic mass is 10.0. The molecule has 0 aromatic heterocycles. The maximum absolute atomic E-state index is 11.9. The molecule has 0 aliphatic rings. The Balaban J connectivity index is 2.56. The second-order valence-corrected chi connectivity index (χ2v) is 5.35. The number of nitrogens with one attached hydrogen (secondary N) is 1. The van der Waals surface area contributed by atoms with E-state index in [1.807, 2.05) is 45.9 Å². The van der Waals surface area contributed by atoms with Crippen LogP contribution < -0.4 is 10.1 Å². The molecular formula is C16H23NO4. The first-order chi connectivity index (χ1) is 9.85. The van der Waals surface area contributed by atoms with Gasteiger partial charge in [-0.2, -0.15) is 0 Å².